The van der Waals surface area contributed by atoms with Crippen molar-refractivity contribution >= 4 is 23.7 Å². The first-order chi connectivity index (χ1) is 5.86. The molecular weight excluding hydrogens is 174 g/mol. The summed E-state index contributed by atoms with van der Waals surface area (Å²) in [5, 5.41) is 9.53. The van der Waals surface area contributed by atoms with Gasteiger partial charge in [-0.15, -0.1) is 11.3 Å². The van der Waals surface area contributed by atoms with Gasteiger partial charge in [-0.25, -0.2) is 4.98 Å². The number of nitrogens with zero attached hydrogens (tertiary/aromatic N) is 1. The maximum absolute atomic E-state index is 9.95. The fraction of sp³-hybridized carbons (Fsp3) is 0.250. The number of aliphatic hydroxyl groups is 1. The van der Waals surface area contributed by atoms with E-state index in [1.54, 1.807) is 18.3 Å². The molecule has 0 saturated heterocycles. The Hall–Kier alpha value is -1.00. The minimum absolute atomic E-state index is 0.0270. The van der Waals surface area contributed by atoms with E-state index in [9.17, 15) is 4.79 Å². The van der Waals surface area contributed by atoms with Gasteiger partial charge in [-0.3, -0.25) is 0 Å². The van der Waals surface area contributed by atoms with Gasteiger partial charge < -0.3 is 9.90 Å². The second-order valence-corrected chi connectivity index (χ2v) is 3.27. The van der Waals surface area contributed by atoms with Gasteiger partial charge in [-0.1, -0.05) is 6.08 Å². The van der Waals surface area contributed by atoms with Gasteiger partial charge in [0.05, 0.1) is 11.5 Å². The number of carbonyl (C=O) groups excluding carboxylic acids is 1. The average Bonchev–Trinajstić information content (AvgIpc) is 2.53. The summed E-state index contributed by atoms with van der Waals surface area (Å²) in [6.45, 7) is 0.0270. The quantitative estimate of drug-likeness (QED) is 0.714. The zero-order chi connectivity index (χ0) is 8.81. The van der Waals surface area contributed by atoms with Crippen molar-refractivity contribution in [2.24, 2.45) is 0 Å². The number of aliphatic hydroxyl groups excluding tert-OH is 1. The second kappa shape index (κ2) is 4.79. The number of rotatable bonds is 4. The van der Waals surface area contributed by atoms with Crippen LogP contribution in [0.15, 0.2) is 12.3 Å². The van der Waals surface area contributed by atoms with Gasteiger partial charge in [0.25, 0.3) is 0 Å². The maximum atomic E-state index is 9.95. The van der Waals surface area contributed by atoms with Crippen LogP contribution in [0, 0.1) is 0 Å². The van der Waals surface area contributed by atoms with Crippen LogP contribution in [0.4, 0.5) is 0 Å². The van der Waals surface area contributed by atoms with Crippen molar-refractivity contribution in [3.05, 3.63) is 22.2 Å². The van der Waals surface area contributed by atoms with Gasteiger partial charge in [0.2, 0.25) is 0 Å². The number of hydrogen-bond acceptors (Lipinski definition) is 4. The average molecular weight is 183 g/mol. The highest BCUT2D eigenvalue weighted by Gasteiger charge is 1.95. The predicted molar refractivity (Wildman–Crippen MR) is 47.8 cm³/mol. The van der Waals surface area contributed by atoms with Crippen molar-refractivity contribution in [1.82, 2.24) is 4.98 Å². The van der Waals surface area contributed by atoms with Crippen molar-refractivity contribution in [2.75, 3.05) is 0 Å². The molecule has 0 aliphatic carbocycles. The van der Waals surface area contributed by atoms with E-state index >= 15 is 0 Å². The predicted octanol–water partition coefficient (Wildman–Crippen LogP) is 1.24. The smallest absolute Gasteiger partial charge is 0.123 e. The Kier molecular flexibility index (Phi) is 3.63. The number of hydrogen-bond donors (Lipinski definition) is 1. The Bertz CT molecular complexity index is 280. The highest BCUT2D eigenvalue weighted by atomic mass is 32.1. The summed E-state index contributed by atoms with van der Waals surface area (Å²) in [7, 11) is 0. The normalized spacial score (nSPS) is 10.8. The van der Waals surface area contributed by atoms with Crippen LogP contribution in [0.25, 0.3) is 6.08 Å². The molecule has 64 valence electrons. The Morgan fingerprint density at radius 1 is 1.67 bits per heavy atom. The first kappa shape index (κ1) is 9.09. The Balaban J connectivity index is 2.57. The molecule has 0 aromatic carbocycles. The zero-order valence-corrected chi connectivity index (χ0v) is 7.25. The van der Waals surface area contributed by atoms with Crippen LogP contribution in [-0.4, -0.2) is 16.4 Å². The van der Waals surface area contributed by atoms with Crippen LogP contribution in [0.2, 0.25) is 0 Å². The first-order valence-electron chi connectivity index (χ1n) is 3.52. The summed E-state index contributed by atoms with van der Waals surface area (Å²) in [5.74, 6) is 0. The van der Waals surface area contributed by atoms with Crippen LogP contribution >= 0.6 is 11.3 Å². The summed E-state index contributed by atoms with van der Waals surface area (Å²) in [6.07, 6.45) is 6.39. The second-order valence-electron chi connectivity index (χ2n) is 2.13. The van der Waals surface area contributed by atoms with Gasteiger partial charge >= 0.3 is 0 Å². The molecule has 0 aliphatic rings. The van der Waals surface area contributed by atoms with Gasteiger partial charge in [-0.05, 0) is 6.08 Å². The van der Waals surface area contributed by atoms with Gasteiger partial charge in [-0.2, -0.15) is 0 Å². The van der Waals surface area contributed by atoms with Crippen LogP contribution in [-0.2, 0) is 11.4 Å². The SMILES string of the molecule is O=CCC=Cc1ncc(CO)s1. The molecule has 1 aromatic rings. The van der Waals surface area contributed by atoms with E-state index in [1.807, 2.05) is 0 Å². The van der Waals surface area contributed by atoms with Crippen LogP contribution < -0.4 is 0 Å². The minimum atomic E-state index is 0.0270. The fourth-order valence-corrected chi connectivity index (χ4v) is 1.41. The first-order valence-corrected chi connectivity index (χ1v) is 4.34. The van der Waals surface area contributed by atoms with E-state index in [1.165, 1.54) is 11.3 Å². The molecule has 0 saturated carbocycles. The Morgan fingerprint density at radius 2 is 2.50 bits per heavy atom. The van der Waals surface area contributed by atoms with Gasteiger partial charge in [0.1, 0.15) is 11.3 Å². The molecule has 0 bridgehead atoms. The Morgan fingerprint density at radius 3 is 3.08 bits per heavy atom. The summed E-state index contributed by atoms with van der Waals surface area (Å²) in [6, 6.07) is 0. The highest BCUT2D eigenvalue weighted by Crippen LogP contribution is 2.13. The van der Waals surface area contributed by atoms with E-state index in [0.717, 1.165) is 16.2 Å². The van der Waals surface area contributed by atoms with Gasteiger partial charge in [0.15, 0.2) is 0 Å². The van der Waals surface area contributed by atoms with Crippen molar-refractivity contribution in [3.8, 4) is 0 Å². The lowest BCUT2D eigenvalue weighted by Crippen LogP contribution is -1.70. The molecular formula is C8H9NO2S. The third kappa shape index (κ3) is 2.56. The molecule has 4 heteroatoms. The van der Waals surface area contributed by atoms with E-state index < -0.39 is 0 Å². The van der Waals surface area contributed by atoms with Crippen molar-refractivity contribution in [3.63, 3.8) is 0 Å². The zero-order valence-electron chi connectivity index (χ0n) is 6.43. The van der Waals surface area contributed by atoms with Crippen molar-refractivity contribution in [1.29, 1.82) is 0 Å². The maximum Gasteiger partial charge on any atom is 0.123 e. The van der Waals surface area contributed by atoms with Gasteiger partial charge in [0, 0.05) is 12.6 Å². The molecule has 1 rings (SSSR count). The molecule has 0 radical (unpaired) electrons. The third-order valence-corrected chi connectivity index (χ3v) is 2.17. The molecule has 0 amide bonds. The molecule has 0 spiro atoms. The lowest BCUT2D eigenvalue weighted by molar-refractivity contribution is -0.107. The topological polar surface area (TPSA) is 50.2 Å². The number of aromatic nitrogens is 1. The van der Waals surface area contributed by atoms with E-state index in [4.69, 9.17) is 5.11 Å². The monoisotopic (exact) mass is 183 g/mol. The molecule has 0 aliphatic heterocycles. The lowest BCUT2D eigenvalue weighted by atomic mass is 10.4. The van der Waals surface area contributed by atoms with E-state index in [-0.39, 0.29) is 6.61 Å². The van der Waals surface area contributed by atoms with E-state index in [0.29, 0.717) is 6.42 Å². The lowest BCUT2D eigenvalue weighted by Gasteiger charge is -1.81. The van der Waals surface area contributed by atoms with Crippen molar-refractivity contribution < 1.29 is 9.90 Å². The molecule has 0 atom stereocenters. The summed E-state index contributed by atoms with van der Waals surface area (Å²) in [4.78, 5) is 14.8. The Labute approximate surface area is 74.4 Å². The summed E-state index contributed by atoms with van der Waals surface area (Å²) >= 11 is 1.42. The largest absolute Gasteiger partial charge is 0.391 e. The van der Waals surface area contributed by atoms with Crippen LogP contribution in [0.5, 0.6) is 0 Å². The molecule has 3 nitrogen and oxygen atoms in total. The third-order valence-electron chi connectivity index (χ3n) is 1.22. The number of thiazole rings is 1. The number of carbonyl (C=O) groups is 1. The summed E-state index contributed by atoms with van der Waals surface area (Å²) in [5.41, 5.74) is 0. The number of aldehydes is 1. The van der Waals surface area contributed by atoms with Crippen molar-refractivity contribution in [2.45, 2.75) is 13.0 Å². The van der Waals surface area contributed by atoms with Crippen LogP contribution in [0.3, 0.4) is 0 Å². The molecule has 1 heterocycles. The van der Waals surface area contributed by atoms with Crippen LogP contribution in [0.1, 0.15) is 16.3 Å². The molecule has 0 fully saturated rings. The highest BCUT2D eigenvalue weighted by molar-refractivity contribution is 7.12. The molecule has 1 aromatic heterocycles. The molecule has 1 N–H and O–H groups in total. The standard InChI is InChI=1S/C8H9NO2S/c10-4-2-1-3-8-9-5-7(6-11)12-8/h1,3-5,11H,2,6H2. The summed E-state index contributed by atoms with van der Waals surface area (Å²) < 4.78 is 0. The molecule has 12 heavy (non-hydrogen) atoms. The molecule has 0 unspecified atom stereocenters. The fourth-order valence-electron chi connectivity index (χ4n) is 0.697. The van der Waals surface area contributed by atoms with E-state index in [2.05, 4.69) is 4.98 Å². The number of allylic oxidation sites excluding steroid dienone is 1. The minimum Gasteiger partial charge on any atom is -0.391 e.